The van der Waals surface area contributed by atoms with Crippen molar-refractivity contribution in [2.24, 2.45) is 5.92 Å². The minimum atomic E-state index is -3.41. The van der Waals surface area contributed by atoms with E-state index < -0.39 is 9.05 Å². The molecule has 0 radical (unpaired) electrons. The van der Waals surface area contributed by atoms with Crippen LogP contribution >= 0.6 is 10.7 Å². The molecule has 0 saturated heterocycles. The number of hydrogen-bond donors (Lipinski definition) is 0. The summed E-state index contributed by atoms with van der Waals surface area (Å²) in [5.41, 5.74) is 0. The van der Waals surface area contributed by atoms with E-state index >= 15 is 0 Å². The molecule has 0 amide bonds. The van der Waals surface area contributed by atoms with E-state index in [0.29, 0.717) is 25.9 Å². The lowest BCUT2D eigenvalue weighted by Gasteiger charge is -2.10. The van der Waals surface area contributed by atoms with Gasteiger partial charge in [0.25, 0.3) is 0 Å². The summed E-state index contributed by atoms with van der Waals surface area (Å²) in [6.07, 6.45) is 2.75. The Bertz CT molecular complexity index is 274. The molecule has 1 aliphatic carbocycles. The van der Waals surface area contributed by atoms with Gasteiger partial charge in [0.05, 0.1) is 31.7 Å². The van der Waals surface area contributed by atoms with Gasteiger partial charge in [-0.05, 0) is 18.8 Å². The lowest BCUT2D eigenvalue weighted by molar-refractivity contribution is 0.0315. The second-order valence-electron chi connectivity index (χ2n) is 3.96. The van der Waals surface area contributed by atoms with Gasteiger partial charge in [0.15, 0.2) is 0 Å². The van der Waals surface area contributed by atoms with Gasteiger partial charge in [-0.1, -0.05) is 6.92 Å². The zero-order chi connectivity index (χ0) is 11.3. The van der Waals surface area contributed by atoms with Crippen molar-refractivity contribution in [1.29, 1.82) is 0 Å². The molecule has 1 saturated carbocycles. The fraction of sp³-hybridized carbons (Fsp3) is 1.00. The molecule has 0 aromatic rings. The lowest BCUT2D eigenvalue weighted by atomic mass is 10.2. The molecule has 1 aliphatic rings. The van der Waals surface area contributed by atoms with Crippen LogP contribution in [0.25, 0.3) is 0 Å². The first-order valence-corrected chi connectivity index (χ1v) is 7.57. The molecule has 0 heterocycles. The Balaban J connectivity index is 1.93. The van der Waals surface area contributed by atoms with Crippen LogP contribution in [-0.4, -0.2) is 40.1 Å². The Morgan fingerprint density at radius 2 is 2.07 bits per heavy atom. The van der Waals surface area contributed by atoms with Crippen LogP contribution in [0.15, 0.2) is 0 Å². The summed E-state index contributed by atoms with van der Waals surface area (Å²) in [6.45, 7) is 3.30. The van der Waals surface area contributed by atoms with Crippen LogP contribution in [0.5, 0.6) is 0 Å². The number of rotatable bonds is 8. The van der Waals surface area contributed by atoms with E-state index in [4.69, 9.17) is 20.2 Å². The molecule has 90 valence electrons. The van der Waals surface area contributed by atoms with Crippen molar-refractivity contribution < 1.29 is 17.9 Å². The van der Waals surface area contributed by atoms with Crippen LogP contribution in [0.3, 0.4) is 0 Å². The third kappa shape index (κ3) is 8.02. The molecule has 1 rings (SSSR count). The fourth-order valence-corrected chi connectivity index (χ4v) is 2.60. The van der Waals surface area contributed by atoms with Crippen molar-refractivity contribution in [3.63, 3.8) is 0 Å². The highest BCUT2D eigenvalue weighted by atomic mass is 35.7. The Labute approximate surface area is 95.3 Å². The number of ether oxygens (including phenoxy) is 2. The van der Waals surface area contributed by atoms with Crippen LogP contribution in [0.2, 0.25) is 0 Å². The predicted molar refractivity (Wildman–Crippen MR) is 58.6 cm³/mol. The molecule has 0 aromatic heterocycles. The van der Waals surface area contributed by atoms with Gasteiger partial charge in [0.2, 0.25) is 9.05 Å². The average molecular weight is 257 g/mol. The predicted octanol–water partition coefficient (Wildman–Crippen LogP) is 1.39. The van der Waals surface area contributed by atoms with Crippen LogP contribution < -0.4 is 0 Å². The molecular formula is C9H17ClO4S. The smallest absolute Gasteiger partial charge is 0.232 e. The third-order valence-corrected chi connectivity index (χ3v) is 3.34. The van der Waals surface area contributed by atoms with Crippen molar-refractivity contribution in [1.82, 2.24) is 0 Å². The van der Waals surface area contributed by atoms with Gasteiger partial charge in [-0.15, -0.1) is 0 Å². The van der Waals surface area contributed by atoms with Crippen molar-refractivity contribution in [2.45, 2.75) is 25.9 Å². The molecule has 0 aliphatic heterocycles. The summed E-state index contributed by atoms with van der Waals surface area (Å²) in [7, 11) is 1.70. The Morgan fingerprint density at radius 3 is 2.60 bits per heavy atom. The first kappa shape index (κ1) is 13.2. The summed E-state index contributed by atoms with van der Waals surface area (Å²) in [5, 5.41) is 0. The van der Waals surface area contributed by atoms with Crippen LogP contribution in [0.4, 0.5) is 0 Å². The normalized spacial score (nSPS) is 19.1. The van der Waals surface area contributed by atoms with Gasteiger partial charge in [0.1, 0.15) is 0 Å². The van der Waals surface area contributed by atoms with Gasteiger partial charge >= 0.3 is 0 Å². The first-order chi connectivity index (χ1) is 6.97. The Hall–Kier alpha value is 0.160. The second kappa shape index (κ2) is 6.03. The van der Waals surface area contributed by atoms with Gasteiger partial charge in [-0.25, -0.2) is 8.42 Å². The summed E-state index contributed by atoms with van der Waals surface area (Å²) < 4.78 is 32.1. The SMILES string of the molecule is CC(COCCOC1CC1)CS(=O)(=O)Cl. The average Bonchev–Trinajstić information content (AvgIpc) is 2.83. The quantitative estimate of drug-likeness (QED) is 0.486. The highest BCUT2D eigenvalue weighted by Crippen LogP contribution is 2.22. The summed E-state index contributed by atoms with van der Waals surface area (Å²) >= 11 is 0. The maximum atomic E-state index is 10.7. The van der Waals surface area contributed by atoms with Crippen LogP contribution in [0, 0.1) is 5.92 Å². The highest BCUT2D eigenvalue weighted by molar-refractivity contribution is 8.13. The van der Waals surface area contributed by atoms with E-state index in [1.54, 1.807) is 6.92 Å². The largest absolute Gasteiger partial charge is 0.379 e. The van der Waals surface area contributed by atoms with E-state index in [9.17, 15) is 8.42 Å². The molecular weight excluding hydrogens is 240 g/mol. The molecule has 6 heteroatoms. The fourth-order valence-electron chi connectivity index (χ4n) is 1.18. The standard InChI is InChI=1S/C9H17ClO4S/c1-8(7-15(10,11)12)6-13-4-5-14-9-2-3-9/h8-9H,2-7H2,1H3. The zero-order valence-corrected chi connectivity index (χ0v) is 10.4. The molecule has 1 atom stereocenters. The zero-order valence-electron chi connectivity index (χ0n) is 8.82. The molecule has 0 N–H and O–H groups in total. The summed E-state index contributed by atoms with van der Waals surface area (Å²) in [5.74, 6) is -0.119. The Morgan fingerprint density at radius 1 is 1.40 bits per heavy atom. The van der Waals surface area contributed by atoms with E-state index in [0.717, 1.165) is 12.8 Å². The first-order valence-electron chi connectivity index (χ1n) is 5.09. The van der Waals surface area contributed by atoms with Crippen molar-refractivity contribution in [3.8, 4) is 0 Å². The summed E-state index contributed by atoms with van der Waals surface area (Å²) in [4.78, 5) is 0. The molecule has 0 bridgehead atoms. The van der Waals surface area contributed by atoms with E-state index in [1.807, 2.05) is 0 Å². The third-order valence-electron chi connectivity index (χ3n) is 1.99. The maximum Gasteiger partial charge on any atom is 0.232 e. The Kier molecular flexibility index (Phi) is 5.32. The van der Waals surface area contributed by atoms with Gasteiger partial charge in [-0.3, -0.25) is 0 Å². The minimum absolute atomic E-state index is 0.0436. The molecule has 0 spiro atoms. The maximum absolute atomic E-state index is 10.7. The topological polar surface area (TPSA) is 52.6 Å². The monoisotopic (exact) mass is 256 g/mol. The molecule has 4 nitrogen and oxygen atoms in total. The van der Waals surface area contributed by atoms with Gasteiger partial charge in [-0.2, -0.15) is 0 Å². The van der Waals surface area contributed by atoms with Gasteiger partial charge in [0, 0.05) is 10.7 Å². The summed E-state index contributed by atoms with van der Waals surface area (Å²) in [6, 6.07) is 0. The molecule has 1 unspecified atom stereocenters. The van der Waals surface area contributed by atoms with Crippen LogP contribution in [-0.2, 0) is 18.5 Å². The lowest BCUT2D eigenvalue weighted by Crippen LogP contribution is -2.16. The van der Waals surface area contributed by atoms with Gasteiger partial charge < -0.3 is 9.47 Å². The molecule has 15 heavy (non-hydrogen) atoms. The van der Waals surface area contributed by atoms with E-state index in [2.05, 4.69) is 0 Å². The van der Waals surface area contributed by atoms with Crippen molar-refractivity contribution in [3.05, 3.63) is 0 Å². The molecule has 1 fully saturated rings. The molecule has 0 aromatic carbocycles. The van der Waals surface area contributed by atoms with E-state index in [1.165, 1.54) is 0 Å². The van der Waals surface area contributed by atoms with Crippen molar-refractivity contribution >= 4 is 19.7 Å². The highest BCUT2D eigenvalue weighted by Gasteiger charge is 2.21. The van der Waals surface area contributed by atoms with Crippen LogP contribution in [0.1, 0.15) is 19.8 Å². The second-order valence-corrected chi connectivity index (χ2v) is 6.78. The number of hydrogen-bond acceptors (Lipinski definition) is 4. The minimum Gasteiger partial charge on any atom is -0.379 e. The van der Waals surface area contributed by atoms with E-state index in [-0.39, 0.29) is 11.7 Å². The van der Waals surface area contributed by atoms with Crippen molar-refractivity contribution in [2.75, 3.05) is 25.6 Å². The number of halogens is 1.